The zero-order valence-electron chi connectivity index (χ0n) is 13.5. The number of carbonyl (C=O) groups is 2. The topological polar surface area (TPSA) is 91.8 Å². The maximum Gasteiger partial charge on any atom is 0.410 e. The monoisotopic (exact) mass is 327 g/mol. The number of carboxylic acid groups (broad SMARTS) is 1. The van der Waals surface area contributed by atoms with Crippen LogP contribution in [0.2, 0.25) is 0 Å². The fourth-order valence-corrected chi connectivity index (χ4v) is 2.70. The third-order valence-corrected chi connectivity index (χ3v) is 3.84. The van der Waals surface area contributed by atoms with E-state index in [4.69, 9.17) is 9.84 Å². The van der Waals surface area contributed by atoms with Crippen LogP contribution in [0.5, 0.6) is 5.75 Å². The van der Waals surface area contributed by atoms with Crippen molar-refractivity contribution >= 4 is 17.8 Å². The molecule has 1 aliphatic heterocycles. The fourth-order valence-electron chi connectivity index (χ4n) is 2.70. The van der Waals surface area contributed by atoms with E-state index in [0.29, 0.717) is 11.3 Å². The molecule has 1 aliphatic rings. The van der Waals surface area contributed by atoms with Gasteiger partial charge in [-0.25, -0.2) is 9.78 Å². The first-order valence-corrected chi connectivity index (χ1v) is 7.39. The van der Waals surface area contributed by atoms with Crippen molar-refractivity contribution < 1.29 is 19.4 Å². The van der Waals surface area contributed by atoms with Crippen molar-refractivity contribution in [2.24, 2.45) is 0 Å². The summed E-state index contributed by atoms with van der Waals surface area (Å²) in [6.45, 7) is 1.87. The maximum absolute atomic E-state index is 12.1. The molecular formula is C17H17N3O4. The van der Waals surface area contributed by atoms with Crippen LogP contribution < -0.4 is 10.1 Å². The number of ether oxygens (including phenoxy) is 1. The summed E-state index contributed by atoms with van der Waals surface area (Å²) in [6.07, 6.45) is 0.167. The van der Waals surface area contributed by atoms with E-state index in [9.17, 15) is 9.59 Å². The maximum atomic E-state index is 12.1. The summed E-state index contributed by atoms with van der Waals surface area (Å²) in [6, 6.07) is 6.95. The average Bonchev–Trinajstić information content (AvgIpc) is 2.53. The Morgan fingerprint density at radius 3 is 2.67 bits per heavy atom. The Kier molecular flexibility index (Phi) is 3.84. The Labute approximate surface area is 138 Å². The molecule has 2 aromatic rings. The highest BCUT2D eigenvalue weighted by Gasteiger charge is 2.25. The van der Waals surface area contributed by atoms with E-state index in [1.807, 2.05) is 13.0 Å². The molecule has 7 nitrogen and oxygen atoms in total. The van der Waals surface area contributed by atoms with Crippen LogP contribution in [0.1, 0.15) is 28.9 Å². The van der Waals surface area contributed by atoms with Crippen LogP contribution in [0.15, 0.2) is 30.5 Å². The standard InChI is InChI=1S/C17H17N3O4/c1-9-12-7-15(19-17(22)23)18-8-13(12)11-5-4-10(6-14(11)24-9)16(21)20(2)3/h4-9H,1-3H3,(H,18,19)(H,22,23). The third kappa shape index (κ3) is 2.76. The number of aromatic nitrogens is 1. The van der Waals surface area contributed by atoms with E-state index in [2.05, 4.69) is 10.3 Å². The van der Waals surface area contributed by atoms with Crippen LogP contribution in [-0.4, -0.2) is 41.1 Å². The lowest BCUT2D eigenvalue weighted by Gasteiger charge is -2.27. The van der Waals surface area contributed by atoms with E-state index in [0.717, 1.165) is 16.7 Å². The van der Waals surface area contributed by atoms with Gasteiger partial charge in [0, 0.05) is 42.5 Å². The number of carbonyl (C=O) groups excluding carboxylic acids is 1. The molecule has 1 unspecified atom stereocenters. The number of hydrogen-bond donors (Lipinski definition) is 2. The smallest absolute Gasteiger partial charge is 0.410 e. The number of fused-ring (bicyclic) bond motifs is 3. The number of pyridine rings is 1. The molecule has 24 heavy (non-hydrogen) atoms. The molecule has 0 spiro atoms. The Balaban J connectivity index is 2.04. The van der Waals surface area contributed by atoms with Crippen molar-refractivity contribution in [1.82, 2.24) is 9.88 Å². The Morgan fingerprint density at radius 2 is 2.00 bits per heavy atom. The second kappa shape index (κ2) is 5.84. The lowest BCUT2D eigenvalue weighted by atomic mass is 9.94. The minimum Gasteiger partial charge on any atom is -0.485 e. The number of benzene rings is 1. The van der Waals surface area contributed by atoms with Gasteiger partial charge in [0.15, 0.2) is 0 Å². The predicted octanol–water partition coefficient (Wildman–Crippen LogP) is 2.99. The van der Waals surface area contributed by atoms with Gasteiger partial charge in [-0.1, -0.05) is 0 Å². The molecule has 0 aliphatic carbocycles. The molecule has 1 aromatic heterocycles. The second-order valence-electron chi connectivity index (χ2n) is 5.76. The lowest BCUT2D eigenvalue weighted by molar-refractivity contribution is 0.0826. The van der Waals surface area contributed by atoms with Crippen LogP contribution in [0.25, 0.3) is 11.1 Å². The number of nitrogens with zero attached hydrogens (tertiary/aromatic N) is 2. The molecule has 0 bridgehead atoms. The fraction of sp³-hybridized carbons (Fsp3) is 0.235. The van der Waals surface area contributed by atoms with Gasteiger partial charge in [0.25, 0.3) is 5.91 Å². The van der Waals surface area contributed by atoms with Crippen LogP contribution in [-0.2, 0) is 0 Å². The molecule has 3 rings (SSSR count). The first-order chi connectivity index (χ1) is 11.4. The molecule has 2 N–H and O–H groups in total. The molecule has 124 valence electrons. The largest absolute Gasteiger partial charge is 0.485 e. The van der Waals surface area contributed by atoms with Crippen molar-refractivity contribution in [3.63, 3.8) is 0 Å². The van der Waals surface area contributed by atoms with Gasteiger partial charge >= 0.3 is 6.09 Å². The van der Waals surface area contributed by atoms with Gasteiger partial charge in [-0.15, -0.1) is 0 Å². The minimum absolute atomic E-state index is 0.0982. The molecule has 0 saturated heterocycles. The van der Waals surface area contributed by atoms with Gasteiger partial charge in [-0.05, 0) is 31.2 Å². The van der Waals surface area contributed by atoms with Crippen molar-refractivity contribution in [3.05, 3.63) is 41.6 Å². The van der Waals surface area contributed by atoms with Crippen LogP contribution in [0, 0.1) is 0 Å². The van der Waals surface area contributed by atoms with Crippen molar-refractivity contribution in [2.45, 2.75) is 13.0 Å². The van der Waals surface area contributed by atoms with E-state index in [1.165, 1.54) is 4.90 Å². The Hall–Kier alpha value is -3.09. The summed E-state index contributed by atoms with van der Waals surface area (Å²) in [7, 11) is 3.39. The normalized spacial score (nSPS) is 14.9. The van der Waals surface area contributed by atoms with Gasteiger partial charge in [-0.2, -0.15) is 0 Å². The number of rotatable bonds is 2. The first kappa shape index (κ1) is 15.8. The molecular weight excluding hydrogens is 310 g/mol. The van der Waals surface area contributed by atoms with Crippen LogP contribution in [0.3, 0.4) is 0 Å². The highest BCUT2D eigenvalue weighted by Crippen LogP contribution is 2.43. The van der Waals surface area contributed by atoms with Crippen molar-refractivity contribution in [1.29, 1.82) is 0 Å². The molecule has 2 amide bonds. The van der Waals surface area contributed by atoms with Gasteiger partial charge in [0.1, 0.15) is 17.7 Å². The van der Waals surface area contributed by atoms with Gasteiger partial charge < -0.3 is 14.7 Å². The predicted molar refractivity (Wildman–Crippen MR) is 88.4 cm³/mol. The van der Waals surface area contributed by atoms with Crippen molar-refractivity contribution in [2.75, 3.05) is 19.4 Å². The highest BCUT2D eigenvalue weighted by atomic mass is 16.5. The third-order valence-electron chi connectivity index (χ3n) is 3.84. The van der Waals surface area contributed by atoms with Gasteiger partial charge in [0.2, 0.25) is 0 Å². The number of nitrogens with one attached hydrogen (secondary N) is 1. The van der Waals surface area contributed by atoms with E-state index < -0.39 is 6.09 Å². The summed E-state index contributed by atoms with van der Waals surface area (Å²) in [5.74, 6) is 0.766. The summed E-state index contributed by atoms with van der Waals surface area (Å²) in [4.78, 5) is 28.5. The van der Waals surface area contributed by atoms with Gasteiger partial charge in [-0.3, -0.25) is 10.1 Å². The second-order valence-corrected chi connectivity index (χ2v) is 5.76. The quantitative estimate of drug-likeness (QED) is 0.884. The Bertz CT molecular complexity index is 833. The first-order valence-electron chi connectivity index (χ1n) is 7.39. The molecule has 0 fully saturated rings. The zero-order valence-corrected chi connectivity index (χ0v) is 13.5. The van der Waals surface area contributed by atoms with Crippen molar-refractivity contribution in [3.8, 4) is 16.9 Å². The summed E-state index contributed by atoms with van der Waals surface area (Å²) in [5.41, 5.74) is 3.08. The highest BCUT2D eigenvalue weighted by molar-refractivity contribution is 5.95. The molecule has 1 atom stereocenters. The van der Waals surface area contributed by atoms with Gasteiger partial charge in [0.05, 0.1) is 0 Å². The molecule has 0 saturated carbocycles. The number of hydrogen-bond acceptors (Lipinski definition) is 4. The molecule has 7 heteroatoms. The number of anilines is 1. The van der Waals surface area contributed by atoms with E-state index in [-0.39, 0.29) is 17.8 Å². The SMILES string of the molecule is CC1Oc2cc(C(=O)N(C)C)ccc2-c2cnc(NC(=O)O)cc21. The zero-order chi connectivity index (χ0) is 17.4. The van der Waals surface area contributed by atoms with E-state index >= 15 is 0 Å². The average molecular weight is 327 g/mol. The Morgan fingerprint density at radius 1 is 1.25 bits per heavy atom. The molecule has 0 radical (unpaired) electrons. The van der Waals surface area contributed by atoms with Crippen LogP contribution >= 0.6 is 0 Å². The van der Waals surface area contributed by atoms with E-state index in [1.54, 1.807) is 38.5 Å². The molecule has 2 heterocycles. The van der Waals surface area contributed by atoms with Crippen LogP contribution in [0.4, 0.5) is 10.6 Å². The summed E-state index contributed by atoms with van der Waals surface area (Å²) < 4.78 is 5.92. The summed E-state index contributed by atoms with van der Waals surface area (Å²) >= 11 is 0. The molecule has 1 aromatic carbocycles. The summed E-state index contributed by atoms with van der Waals surface area (Å²) in [5, 5.41) is 11.0. The minimum atomic E-state index is -1.17. The lowest BCUT2D eigenvalue weighted by Crippen LogP contribution is -2.22. The number of amides is 2.